The third kappa shape index (κ3) is 1.75. The SMILES string of the molecule is NCc1nc(-c2ccc(O)cc2O)no1. The highest BCUT2D eigenvalue weighted by molar-refractivity contribution is 5.64. The van der Waals surface area contributed by atoms with Gasteiger partial charge in [0.2, 0.25) is 11.7 Å². The Labute approximate surface area is 85.0 Å². The molecule has 4 N–H and O–H groups in total. The van der Waals surface area contributed by atoms with E-state index < -0.39 is 0 Å². The van der Waals surface area contributed by atoms with Crippen LogP contribution in [0, 0.1) is 0 Å². The molecule has 0 aliphatic heterocycles. The topological polar surface area (TPSA) is 105 Å². The average Bonchev–Trinajstić information content (AvgIpc) is 2.66. The first-order chi connectivity index (χ1) is 7.20. The maximum Gasteiger partial charge on any atom is 0.240 e. The summed E-state index contributed by atoms with van der Waals surface area (Å²) in [5, 5.41) is 22.2. The van der Waals surface area contributed by atoms with Gasteiger partial charge in [-0.1, -0.05) is 5.16 Å². The minimum atomic E-state index is -0.112. The number of hydrogen-bond acceptors (Lipinski definition) is 6. The summed E-state index contributed by atoms with van der Waals surface area (Å²) >= 11 is 0. The molecule has 1 heterocycles. The largest absolute Gasteiger partial charge is 0.508 e. The van der Waals surface area contributed by atoms with Crippen LogP contribution in [0.2, 0.25) is 0 Å². The van der Waals surface area contributed by atoms with Gasteiger partial charge in [0.05, 0.1) is 12.1 Å². The number of aromatic nitrogens is 2. The Bertz CT molecular complexity index is 481. The second-order valence-electron chi connectivity index (χ2n) is 2.92. The first kappa shape index (κ1) is 9.47. The molecule has 0 aliphatic rings. The molecule has 0 bridgehead atoms. The van der Waals surface area contributed by atoms with Crippen LogP contribution in [0.3, 0.4) is 0 Å². The van der Waals surface area contributed by atoms with Gasteiger partial charge in [0.1, 0.15) is 11.5 Å². The van der Waals surface area contributed by atoms with Crippen molar-refractivity contribution in [3.63, 3.8) is 0 Å². The van der Waals surface area contributed by atoms with E-state index in [9.17, 15) is 5.11 Å². The molecule has 0 saturated carbocycles. The van der Waals surface area contributed by atoms with Crippen molar-refractivity contribution in [1.82, 2.24) is 10.1 Å². The number of nitrogens with two attached hydrogens (primary N) is 1. The van der Waals surface area contributed by atoms with Crippen LogP contribution in [0.4, 0.5) is 0 Å². The molecule has 15 heavy (non-hydrogen) atoms. The van der Waals surface area contributed by atoms with Crippen LogP contribution in [0.1, 0.15) is 5.89 Å². The maximum atomic E-state index is 9.51. The summed E-state index contributed by atoms with van der Waals surface area (Å²) in [6.45, 7) is 0.145. The zero-order valence-corrected chi connectivity index (χ0v) is 7.71. The van der Waals surface area contributed by atoms with E-state index in [4.69, 9.17) is 15.4 Å². The van der Waals surface area contributed by atoms with Gasteiger partial charge in [0.25, 0.3) is 0 Å². The van der Waals surface area contributed by atoms with Crippen molar-refractivity contribution in [2.24, 2.45) is 5.73 Å². The van der Waals surface area contributed by atoms with Gasteiger partial charge in [-0.05, 0) is 12.1 Å². The molecule has 0 radical (unpaired) electrons. The van der Waals surface area contributed by atoms with E-state index >= 15 is 0 Å². The van der Waals surface area contributed by atoms with Crippen molar-refractivity contribution >= 4 is 0 Å². The quantitative estimate of drug-likeness (QED) is 0.666. The first-order valence-corrected chi connectivity index (χ1v) is 4.25. The number of nitrogens with zero attached hydrogens (tertiary/aromatic N) is 2. The average molecular weight is 207 g/mol. The summed E-state index contributed by atoms with van der Waals surface area (Å²) < 4.78 is 4.79. The summed E-state index contributed by atoms with van der Waals surface area (Å²) in [7, 11) is 0. The van der Waals surface area contributed by atoms with Crippen LogP contribution in [-0.2, 0) is 6.54 Å². The molecule has 1 aromatic carbocycles. The Hall–Kier alpha value is -2.08. The molecular weight excluding hydrogens is 198 g/mol. The number of aromatic hydroxyl groups is 2. The Morgan fingerprint density at radius 1 is 1.33 bits per heavy atom. The molecule has 2 aromatic rings. The van der Waals surface area contributed by atoms with Crippen LogP contribution in [0.25, 0.3) is 11.4 Å². The number of benzene rings is 1. The molecule has 6 nitrogen and oxygen atoms in total. The van der Waals surface area contributed by atoms with Crippen LogP contribution < -0.4 is 5.73 Å². The van der Waals surface area contributed by atoms with E-state index in [0.717, 1.165) is 0 Å². The number of rotatable bonds is 2. The van der Waals surface area contributed by atoms with Gasteiger partial charge in [-0.3, -0.25) is 0 Å². The summed E-state index contributed by atoms with van der Waals surface area (Å²) in [6, 6.07) is 4.12. The van der Waals surface area contributed by atoms with Crippen LogP contribution in [0.5, 0.6) is 11.5 Å². The normalized spacial score (nSPS) is 10.5. The molecule has 1 aromatic heterocycles. The molecule has 0 amide bonds. The van der Waals surface area contributed by atoms with E-state index in [2.05, 4.69) is 10.1 Å². The number of phenols is 2. The van der Waals surface area contributed by atoms with E-state index in [-0.39, 0.29) is 29.8 Å². The second-order valence-corrected chi connectivity index (χ2v) is 2.92. The third-order valence-corrected chi connectivity index (χ3v) is 1.86. The minimum Gasteiger partial charge on any atom is -0.508 e. The van der Waals surface area contributed by atoms with Crippen molar-refractivity contribution in [2.45, 2.75) is 6.54 Å². The molecule has 78 valence electrons. The lowest BCUT2D eigenvalue weighted by Crippen LogP contribution is -1.95. The molecule has 0 spiro atoms. The molecular formula is C9H9N3O3. The van der Waals surface area contributed by atoms with Gasteiger partial charge in [0, 0.05) is 6.07 Å². The Morgan fingerprint density at radius 2 is 2.13 bits per heavy atom. The summed E-state index contributed by atoms with van der Waals surface area (Å²) in [5.74, 6) is 0.392. The predicted molar refractivity (Wildman–Crippen MR) is 51.0 cm³/mol. The van der Waals surface area contributed by atoms with Crippen LogP contribution in [0.15, 0.2) is 22.7 Å². The lowest BCUT2D eigenvalue weighted by molar-refractivity contribution is 0.380. The number of hydrogen-bond donors (Lipinski definition) is 3. The minimum absolute atomic E-state index is 0.0289. The fourth-order valence-electron chi connectivity index (χ4n) is 1.16. The van der Waals surface area contributed by atoms with Gasteiger partial charge >= 0.3 is 0 Å². The molecule has 0 unspecified atom stereocenters. The highest BCUT2D eigenvalue weighted by atomic mass is 16.5. The van der Waals surface area contributed by atoms with Crippen molar-refractivity contribution in [2.75, 3.05) is 0 Å². The molecule has 2 rings (SSSR count). The van der Waals surface area contributed by atoms with Gasteiger partial charge in [-0.15, -0.1) is 0 Å². The van der Waals surface area contributed by atoms with Gasteiger partial charge in [0.15, 0.2) is 0 Å². The lowest BCUT2D eigenvalue weighted by Gasteiger charge is -1.99. The lowest BCUT2D eigenvalue weighted by atomic mass is 10.2. The fourth-order valence-corrected chi connectivity index (χ4v) is 1.16. The number of phenolic OH excluding ortho intramolecular Hbond substituents is 2. The van der Waals surface area contributed by atoms with Crippen LogP contribution >= 0.6 is 0 Å². The molecule has 0 aliphatic carbocycles. The van der Waals surface area contributed by atoms with Crippen molar-refractivity contribution in [3.8, 4) is 22.9 Å². The Kier molecular flexibility index (Phi) is 2.26. The highest BCUT2D eigenvalue weighted by Gasteiger charge is 2.11. The van der Waals surface area contributed by atoms with Gasteiger partial charge in [-0.2, -0.15) is 4.98 Å². The van der Waals surface area contributed by atoms with E-state index in [1.807, 2.05) is 0 Å². The van der Waals surface area contributed by atoms with Gasteiger partial charge < -0.3 is 20.5 Å². The van der Waals surface area contributed by atoms with E-state index in [1.54, 1.807) is 0 Å². The third-order valence-electron chi connectivity index (χ3n) is 1.86. The fraction of sp³-hybridized carbons (Fsp3) is 0.111. The second kappa shape index (κ2) is 3.58. The summed E-state index contributed by atoms with van der Waals surface area (Å²) in [4.78, 5) is 3.95. The van der Waals surface area contributed by atoms with Crippen molar-refractivity contribution in [1.29, 1.82) is 0 Å². The molecule has 0 atom stereocenters. The standard InChI is InChI=1S/C9H9N3O3/c10-4-8-11-9(12-15-8)6-2-1-5(13)3-7(6)14/h1-3,13-14H,4,10H2. The zero-order valence-electron chi connectivity index (χ0n) is 7.71. The predicted octanol–water partition coefficient (Wildman–Crippen LogP) is 0.606. The van der Waals surface area contributed by atoms with E-state index in [1.165, 1.54) is 18.2 Å². The zero-order chi connectivity index (χ0) is 10.8. The van der Waals surface area contributed by atoms with Crippen molar-refractivity contribution in [3.05, 3.63) is 24.1 Å². The van der Waals surface area contributed by atoms with Crippen LogP contribution in [-0.4, -0.2) is 20.4 Å². The summed E-state index contributed by atoms with van der Waals surface area (Å²) in [5.41, 5.74) is 5.69. The van der Waals surface area contributed by atoms with E-state index in [0.29, 0.717) is 5.56 Å². The molecule has 0 fully saturated rings. The monoisotopic (exact) mass is 207 g/mol. The highest BCUT2D eigenvalue weighted by Crippen LogP contribution is 2.29. The van der Waals surface area contributed by atoms with Crippen molar-refractivity contribution < 1.29 is 14.7 Å². The Morgan fingerprint density at radius 3 is 2.73 bits per heavy atom. The summed E-state index contributed by atoms with van der Waals surface area (Å²) in [6.07, 6.45) is 0. The Balaban J connectivity index is 2.44. The van der Waals surface area contributed by atoms with Gasteiger partial charge in [-0.25, -0.2) is 0 Å². The maximum absolute atomic E-state index is 9.51. The smallest absolute Gasteiger partial charge is 0.240 e. The molecule has 6 heteroatoms. The molecule has 0 saturated heterocycles. The first-order valence-electron chi connectivity index (χ1n) is 4.25.